The molecule has 0 heterocycles. The van der Waals surface area contributed by atoms with Crippen LogP contribution in [-0.2, 0) is 26.2 Å². The molecule has 9 nitrogen and oxygen atoms in total. The first-order valence-corrected chi connectivity index (χ1v) is 14.2. The Morgan fingerprint density at radius 2 is 1.49 bits per heavy atom. The molecule has 2 rings (SSSR count). The Bertz CT molecular complexity index is 1120. The first-order chi connectivity index (χ1) is 17.5. The van der Waals surface area contributed by atoms with Gasteiger partial charge in [-0.2, -0.15) is 0 Å². The van der Waals surface area contributed by atoms with Gasteiger partial charge in [0.25, 0.3) is 0 Å². The average molecular weight is 534 g/mol. The number of anilines is 1. The van der Waals surface area contributed by atoms with Crippen LogP contribution in [0, 0.1) is 0 Å². The van der Waals surface area contributed by atoms with Crippen LogP contribution >= 0.6 is 0 Å². The molecule has 0 aromatic heterocycles. The standard InChI is InChI=1S/C27H39N3O6S/c1-7-20(2)28-27(32)21(3)29(19-22-10-14-24(35-4)15-11-22)26(31)9-8-18-30(37(6,33)34)23-12-16-25(36-5)17-13-23/h10-17,20-21H,7-9,18-19H2,1-6H3,(H,28,32)/t20-,21-/m1/s1. The first-order valence-electron chi connectivity index (χ1n) is 12.3. The highest BCUT2D eigenvalue weighted by Gasteiger charge is 2.27. The van der Waals surface area contributed by atoms with E-state index < -0.39 is 16.1 Å². The van der Waals surface area contributed by atoms with Gasteiger partial charge < -0.3 is 19.7 Å². The smallest absolute Gasteiger partial charge is 0.242 e. The summed E-state index contributed by atoms with van der Waals surface area (Å²) < 4.78 is 36.5. The predicted octanol–water partition coefficient (Wildman–Crippen LogP) is 3.58. The van der Waals surface area contributed by atoms with Crippen molar-refractivity contribution in [2.24, 2.45) is 0 Å². The molecule has 204 valence electrons. The van der Waals surface area contributed by atoms with Crippen LogP contribution in [-0.4, -0.2) is 64.2 Å². The Kier molecular flexibility index (Phi) is 11.2. The molecule has 0 radical (unpaired) electrons. The molecular formula is C27H39N3O6S. The SMILES string of the molecule is CC[C@@H](C)NC(=O)[C@@H](C)N(Cc1ccc(OC)cc1)C(=O)CCCN(c1ccc(OC)cc1)S(C)(=O)=O. The van der Waals surface area contributed by atoms with Crippen molar-refractivity contribution in [2.75, 3.05) is 31.3 Å². The number of sulfonamides is 1. The van der Waals surface area contributed by atoms with Gasteiger partial charge in [0.05, 0.1) is 26.2 Å². The van der Waals surface area contributed by atoms with Crippen LogP contribution in [0.25, 0.3) is 0 Å². The maximum atomic E-state index is 13.4. The van der Waals surface area contributed by atoms with Gasteiger partial charge in [-0.1, -0.05) is 19.1 Å². The van der Waals surface area contributed by atoms with Crippen molar-refractivity contribution in [3.8, 4) is 11.5 Å². The molecule has 0 saturated carbocycles. The minimum absolute atomic E-state index is 0.0132. The van der Waals surface area contributed by atoms with Gasteiger partial charge in [0.1, 0.15) is 17.5 Å². The summed E-state index contributed by atoms with van der Waals surface area (Å²) in [6, 6.07) is 13.3. The number of amides is 2. The minimum Gasteiger partial charge on any atom is -0.497 e. The second-order valence-corrected chi connectivity index (χ2v) is 10.9. The van der Waals surface area contributed by atoms with Crippen LogP contribution in [0.3, 0.4) is 0 Å². The second-order valence-electron chi connectivity index (χ2n) is 9.00. The Morgan fingerprint density at radius 1 is 0.946 bits per heavy atom. The molecule has 2 amide bonds. The van der Waals surface area contributed by atoms with Crippen molar-refractivity contribution in [1.82, 2.24) is 10.2 Å². The van der Waals surface area contributed by atoms with Crippen LogP contribution in [0.1, 0.15) is 45.6 Å². The molecule has 0 fully saturated rings. The summed E-state index contributed by atoms with van der Waals surface area (Å²) in [4.78, 5) is 27.8. The van der Waals surface area contributed by atoms with E-state index in [4.69, 9.17) is 9.47 Å². The third-order valence-corrected chi connectivity index (χ3v) is 7.39. The molecule has 0 aliphatic heterocycles. The van der Waals surface area contributed by atoms with Crippen molar-refractivity contribution in [1.29, 1.82) is 0 Å². The van der Waals surface area contributed by atoms with Gasteiger partial charge >= 0.3 is 0 Å². The number of hydrogen-bond acceptors (Lipinski definition) is 6. The molecule has 0 aliphatic rings. The number of rotatable bonds is 14. The minimum atomic E-state index is -3.57. The Balaban J connectivity index is 2.17. The monoisotopic (exact) mass is 533 g/mol. The lowest BCUT2D eigenvalue weighted by Gasteiger charge is -2.30. The van der Waals surface area contributed by atoms with Crippen molar-refractivity contribution in [2.45, 2.75) is 58.7 Å². The Labute approximate surface area is 220 Å². The van der Waals surface area contributed by atoms with Gasteiger partial charge in [-0.05, 0) is 68.7 Å². The molecule has 0 aliphatic carbocycles. The fourth-order valence-corrected chi connectivity index (χ4v) is 4.69. The lowest BCUT2D eigenvalue weighted by molar-refractivity contribution is -0.140. The number of hydrogen-bond donors (Lipinski definition) is 1. The number of methoxy groups -OCH3 is 2. The molecule has 37 heavy (non-hydrogen) atoms. The van der Waals surface area contributed by atoms with E-state index in [-0.39, 0.29) is 43.8 Å². The fraction of sp³-hybridized carbons (Fsp3) is 0.481. The van der Waals surface area contributed by atoms with Crippen LogP contribution in [0.4, 0.5) is 5.69 Å². The zero-order valence-electron chi connectivity index (χ0n) is 22.6. The zero-order chi connectivity index (χ0) is 27.6. The van der Waals surface area contributed by atoms with E-state index >= 15 is 0 Å². The predicted molar refractivity (Wildman–Crippen MR) is 145 cm³/mol. The summed E-state index contributed by atoms with van der Waals surface area (Å²) in [7, 11) is -0.446. The van der Waals surface area contributed by atoms with Gasteiger partial charge in [0.15, 0.2) is 0 Å². The third-order valence-electron chi connectivity index (χ3n) is 6.19. The molecule has 2 aromatic carbocycles. The van der Waals surface area contributed by atoms with Gasteiger partial charge in [-0.25, -0.2) is 8.42 Å². The molecule has 2 aromatic rings. The van der Waals surface area contributed by atoms with Crippen LogP contribution in [0.5, 0.6) is 11.5 Å². The van der Waals surface area contributed by atoms with E-state index in [0.717, 1.165) is 18.2 Å². The number of ether oxygens (including phenoxy) is 2. The zero-order valence-corrected chi connectivity index (χ0v) is 23.4. The molecular weight excluding hydrogens is 494 g/mol. The molecule has 2 atom stereocenters. The third kappa shape index (κ3) is 8.96. The second kappa shape index (κ2) is 13.9. The van der Waals surface area contributed by atoms with Gasteiger partial charge in [-0.3, -0.25) is 13.9 Å². The fourth-order valence-electron chi connectivity index (χ4n) is 3.73. The number of nitrogens with zero attached hydrogens (tertiary/aromatic N) is 2. The number of carbonyl (C=O) groups excluding carboxylic acids is 2. The molecule has 0 saturated heterocycles. The number of nitrogens with one attached hydrogen (secondary N) is 1. The summed E-state index contributed by atoms with van der Waals surface area (Å²) >= 11 is 0. The summed E-state index contributed by atoms with van der Waals surface area (Å²) in [5.74, 6) is 0.854. The highest BCUT2D eigenvalue weighted by Crippen LogP contribution is 2.22. The topological polar surface area (TPSA) is 105 Å². The maximum Gasteiger partial charge on any atom is 0.242 e. The van der Waals surface area contributed by atoms with Crippen LogP contribution < -0.4 is 19.1 Å². The van der Waals surface area contributed by atoms with Crippen molar-refractivity contribution in [3.63, 3.8) is 0 Å². The van der Waals surface area contributed by atoms with Gasteiger partial charge in [-0.15, -0.1) is 0 Å². The lowest BCUT2D eigenvalue weighted by atomic mass is 10.1. The van der Waals surface area contributed by atoms with Gasteiger partial charge in [0, 0.05) is 25.6 Å². The molecule has 0 bridgehead atoms. The normalized spacial score (nSPS) is 12.8. The van der Waals surface area contributed by atoms with E-state index in [2.05, 4.69) is 5.32 Å². The average Bonchev–Trinajstić information content (AvgIpc) is 2.88. The van der Waals surface area contributed by atoms with Crippen LogP contribution in [0.15, 0.2) is 48.5 Å². The largest absolute Gasteiger partial charge is 0.497 e. The van der Waals surface area contributed by atoms with Crippen molar-refractivity contribution in [3.05, 3.63) is 54.1 Å². The molecule has 0 spiro atoms. The lowest BCUT2D eigenvalue weighted by Crippen LogP contribution is -2.49. The summed E-state index contributed by atoms with van der Waals surface area (Å²) in [5, 5.41) is 2.94. The Morgan fingerprint density at radius 3 is 1.97 bits per heavy atom. The highest BCUT2D eigenvalue weighted by molar-refractivity contribution is 7.92. The maximum absolute atomic E-state index is 13.4. The van der Waals surface area contributed by atoms with E-state index in [0.29, 0.717) is 17.2 Å². The van der Waals surface area contributed by atoms with E-state index in [1.165, 1.54) is 16.3 Å². The quantitative estimate of drug-likeness (QED) is 0.398. The molecule has 0 unspecified atom stereocenters. The van der Waals surface area contributed by atoms with Crippen LogP contribution in [0.2, 0.25) is 0 Å². The number of carbonyl (C=O) groups is 2. The highest BCUT2D eigenvalue weighted by atomic mass is 32.2. The number of benzene rings is 2. The summed E-state index contributed by atoms with van der Waals surface area (Å²) in [6.45, 7) is 5.97. The summed E-state index contributed by atoms with van der Waals surface area (Å²) in [5.41, 5.74) is 1.35. The first kappa shape index (κ1) is 30.0. The van der Waals surface area contributed by atoms with Crippen molar-refractivity contribution >= 4 is 27.5 Å². The molecule has 10 heteroatoms. The molecule has 1 N–H and O–H groups in total. The summed E-state index contributed by atoms with van der Waals surface area (Å²) in [6.07, 6.45) is 2.28. The van der Waals surface area contributed by atoms with Gasteiger partial charge in [0.2, 0.25) is 21.8 Å². The van der Waals surface area contributed by atoms with E-state index in [1.54, 1.807) is 50.4 Å². The van der Waals surface area contributed by atoms with E-state index in [9.17, 15) is 18.0 Å². The van der Waals surface area contributed by atoms with Crippen molar-refractivity contribution < 1.29 is 27.5 Å². The van der Waals surface area contributed by atoms with E-state index in [1.807, 2.05) is 26.0 Å². The Hall–Kier alpha value is -3.27.